The lowest BCUT2D eigenvalue weighted by atomic mass is 10.0. The average Bonchev–Trinajstić information content (AvgIpc) is 2.45. The molecule has 2 nitrogen and oxygen atoms in total. The lowest BCUT2D eigenvalue weighted by molar-refractivity contribution is 0.171. The molecule has 0 aromatic heterocycles. The van der Waals surface area contributed by atoms with Crippen LogP contribution >= 0.6 is 31.9 Å². The van der Waals surface area contributed by atoms with Crippen molar-refractivity contribution in [1.29, 1.82) is 0 Å². The van der Waals surface area contributed by atoms with Gasteiger partial charge in [-0.2, -0.15) is 0 Å². The molecular weight excluding hydrogens is 410 g/mol. The molecule has 6 heteroatoms. The maximum atomic E-state index is 14.0. The van der Waals surface area contributed by atoms with Crippen LogP contribution in [0.4, 0.5) is 8.78 Å². The summed E-state index contributed by atoms with van der Waals surface area (Å²) in [5.74, 6) is -0.000133. The molecule has 0 fully saturated rings. The smallest absolute Gasteiger partial charge is 0.161 e. The van der Waals surface area contributed by atoms with Crippen LogP contribution in [0, 0.1) is 11.6 Å². The standard InChI is InChI=1S/C15H10Br2F2O2/c16-9-6-10(18)14(11(19)7-9)15(17)8-1-2-12-13(5-8)21-4-3-20-12/h1-2,5-7,15H,3-4H2. The van der Waals surface area contributed by atoms with Crippen LogP contribution in [0.2, 0.25) is 0 Å². The predicted molar refractivity (Wildman–Crippen MR) is 82.3 cm³/mol. The van der Waals surface area contributed by atoms with Gasteiger partial charge in [0.2, 0.25) is 0 Å². The Morgan fingerprint density at radius 2 is 1.57 bits per heavy atom. The van der Waals surface area contributed by atoms with E-state index in [1.165, 1.54) is 12.1 Å². The third-order valence-corrected chi connectivity index (χ3v) is 4.60. The highest BCUT2D eigenvalue weighted by Gasteiger charge is 2.22. The minimum atomic E-state index is -0.612. The Labute approximate surface area is 137 Å². The summed E-state index contributed by atoms with van der Waals surface area (Å²) in [6.07, 6.45) is 0. The van der Waals surface area contributed by atoms with Gasteiger partial charge in [0, 0.05) is 10.0 Å². The summed E-state index contributed by atoms with van der Waals surface area (Å²) < 4.78 is 39.3. The molecule has 0 amide bonds. The number of rotatable bonds is 2. The van der Waals surface area contributed by atoms with Crippen LogP contribution in [0.3, 0.4) is 0 Å². The summed E-state index contributed by atoms with van der Waals surface area (Å²) in [6.45, 7) is 0.963. The van der Waals surface area contributed by atoms with E-state index < -0.39 is 16.5 Å². The maximum absolute atomic E-state index is 14.0. The normalized spacial score (nSPS) is 14.9. The van der Waals surface area contributed by atoms with E-state index in [4.69, 9.17) is 9.47 Å². The first-order chi connectivity index (χ1) is 10.1. The van der Waals surface area contributed by atoms with Gasteiger partial charge in [-0.25, -0.2) is 8.78 Å². The third-order valence-electron chi connectivity index (χ3n) is 3.16. The Kier molecular flexibility index (Phi) is 4.17. The molecule has 3 rings (SSSR count). The monoisotopic (exact) mass is 418 g/mol. The molecule has 0 spiro atoms. The van der Waals surface area contributed by atoms with Crippen LogP contribution in [-0.4, -0.2) is 13.2 Å². The summed E-state index contributed by atoms with van der Waals surface area (Å²) in [7, 11) is 0. The van der Waals surface area contributed by atoms with Gasteiger partial charge < -0.3 is 9.47 Å². The molecule has 110 valence electrons. The fourth-order valence-electron chi connectivity index (χ4n) is 2.18. The number of fused-ring (bicyclic) bond motifs is 1. The van der Waals surface area contributed by atoms with E-state index in [2.05, 4.69) is 31.9 Å². The molecular formula is C15H10Br2F2O2. The number of alkyl halides is 1. The van der Waals surface area contributed by atoms with Gasteiger partial charge in [0.1, 0.15) is 24.8 Å². The van der Waals surface area contributed by atoms with Crippen molar-refractivity contribution in [3.8, 4) is 11.5 Å². The van der Waals surface area contributed by atoms with Crippen LogP contribution < -0.4 is 9.47 Å². The Bertz CT molecular complexity index is 668. The molecule has 0 bridgehead atoms. The van der Waals surface area contributed by atoms with Gasteiger partial charge in [-0.15, -0.1) is 0 Å². The number of hydrogen-bond acceptors (Lipinski definition) is 2. The van der Waals surface area contributed by atoms with Gasteiger partial charge in [0.15, 0.2) is 11.5 Å². The number of ether oxygens (including phenoxy) is 2. The largest absolute Gasteiger partial charge is 0.486 e. The van der Waals surface area contributed by atoms with Gasteiger partial charge in [0.05, 0.1) is 4.83 Å². The van der Waals surface area contributed by atoms with Crippen molar-refractivity contribution in [3.63, 3.8) is 0 Å². The first kappa shape index (κ1) is 14.8. The highest BCUT2D eigenvalue weighted by Crippen LogP contribution is 2.39. The molecule has 0 saturated carbocycles. The molecule has 1 aliphatic rings. The molecule has 1 aliphatic heterocycles. The molecule has 1 atom stereocenters. The van der Waals surface area contributed by atoms with E-state index in [1.807, 2.05) is 0 Å². The predicted octanol–water partition coefficient (Wildman–Crippen LogP) is 4.98. The van der Waals surface area contributed by atoms with E-state index in [0.717, 1.165) is 0 Å². The van der Waals surface area contributed by atoms with Crippen molar-refractivity contribution in [1.82, 2.24) is 0 Å². The van der Waals surface area contributed by atoms with Gasteiger partial charge in [-0.05, 0) is 29.8 Å². The summed E-state index contributed by atoms with van der Waals surface area (Å²) in [4.78, 5) is -0.610. The van der Waals surface area contributed by atoms with Crippen molar-refractivity contribution < 1.29 is 18.3 Å². The van der Waals surface area contributed by atoms with Gasteiger partial charge in [0.25, 0.3) is 0 Å². The Balaban J connectivity index is 2.01. The fourth-order valence-corrected chi connectivity index (χ4v) is 3.30. The van der Waals surface area contributed by atoms with E-state index >= 15 is 0 Å². The second kappa shape index (κ2) is 5.93. The highest BCUT2D eigenvalue weighted by atomic mass is 79.9. The van der Waals surface area contributed by atoms with Crippen LogP contribution in [0.1, 0.15) is 16.0 Å². The zero-order chi connectivity index (χ0) is 15.0. The minimum absolute atomic E-state index is 0.0325. The van der Waals surface area contributed by atoms with Crippen LogP contribution in [0.5, 0.6) is 11.5 Å². The number of halogens is 4. The number of hydrogen-bond donors (Lipinski definition) is 0. The fraction of sp³-hybridized carbons (Fsp3) is 0.200. The van der Waals surface area contributed by atoms with E-state index in [9.17, 15) is 8.78 Å². The Hall–Kier alpha value is -1.14. The van der Waals surface area contributed by atoms with Gasteiger partial charge in [-0.1, -0.05) is 37.9 Å². The molecule has 21 heavy (non-hydrogen) atoms. The van der Waals surface area contributed by atoms with E-state index in [0.29, 0.717) is 34.7 Å². The molecule has 2 aromatic carbocycles. The Morgan fingerprint density at radius 3 is 2.24 bits per heavy atom. The third kappa shape index (κ3) is 2.92. The van der Waals surface area contributed by atoms with Crippen molar-refractivity contribution in [3.05, 3.63) is 57.6 Å². The van der Waals surface area contributed by atoms with Crippen LogP contribution in [0.25, 0.3) is 0 Å². The van der Waals surface area contributed by atoms with Crippen molar-refractivity contribution in [2.45, 2.75) is 4.83 Å². The lowest BCUT2D eigenvalue weighted by Gasteiger charge is -2.20. The molecule has 0 N–H and O–H groups in total. The lowest BCUT2D eigenvalue weighted by Crippen LogP contribution is -2.15. The SMILES string of the molecule is Fc1cc(Br)cc(F)c1C(Br)c1ccc2c(c1)OCCO2. The molecule has 1 heterocycles. The summed E-state index contributed by atoms with van der Waals surface area (Å²) >= 11 is 6.43. The molecule has 0 saturated heterocycles. The molecule has 1 unspecified atom stereocenters. The van der Waals surface area contributed by atoms with Gasteiger partial charge >= 0.3 is 0 Å². The summed E-state index contributed by atoms with van der Waals surface area (Å²) in [5.41, 5.74) is 0.661. The zero-order valence-electron chi connectivity index (χ0n) is 10.7. The summed E-state index contributed by atoms with van der Waals surface area (Å²) in [6, 6.07) is 7.71. The molecule has 0 aliphatic carbocycles. The molecule has 2 aromatic rings. The molecule has 0 radical (unpaired) electrons. The maximum Gasteiger partial charge on any atom is 0.161 e. The van der Waals surface area contributed by atoms with E-state index in [1.54, 1.807) is 18.2 Å². The van der Waals surface area contributed by atoms with Crippen molar-refractivity contribution in [2.75, 3.05) is 13.2 Å². The minimum Gasteiger partial charge on any atom is -0.486 e. The topological polar surface area (TPSA) is 18.5 Å². The first-order valence-corrected chi connectivity index (χ1v) is 7.95. The van der Waals surface area contributed by atoms with Crippen LogP contribution in [0.15, 0.2) is 34.8 Å². The van der Waals surface area contributed by atoms with Gasteiger partial charge in [-0.3, -0.25) is 0 Å². The quantitative estimate of drug-likeness (QED) is 0.639. The van der Waals surface area contributed by atoms with E-state index in [-0.39, 0.29) is 5.56 Å². The first-order valence-electron chi connectivity index (χ1n) is 6.24. The van der Waals surface area contributed by atoms with Crippen molar-refractivity contribution >= 4 is 31.9 Å². The second-order valence-corrected chi connectivity index (χ2v) is 6.38. The zero-order valence-corrected chi connectivity index (χ0v) is 13.9. The van der Waals surface area contributed by atoms with Crippen LogP contribution in [-0.2, 0) is 0 Å². The second-order valence-electron chi connectivity index (χ2n) is 4.55. The Morgan fingerprint density at radius 1 is 0.952 bits per heavy atom. The highest BCUT2D eigenvalue weighted by molar-refractivity contribution is 9.10. The van der Waals surface area contributed by atoms with Crippen molar-refractivity contribution in [2.24, 2.45) is 0 Å². The summed E-state index contributed by atoms with van der Waals surface area (Å²) in [5, 5.41) is 0. The number of benzene rings is 2. The average molecular weight is 420 g/mol.